The molecular weight excluding hydrogens is 372 g/mol. The van der Waals surface area contributed by atoms with Crippen LogP contribution in [-0.4, -0.2) is 5.11 Å². The molecule has 1 unspecified atom stereocenters. The average molecular weight is 384 g/mol. The highest BCUT2D eigenvalue weighted by Crippen LogP contribution is 2.43. The van der Waals surface area contributed by atoms with E-state index in [4.69, 9.17) is 4.74 Å². The molecule has 19 heavy (non-hydrogen) atoms. The first kappa shape index (κ1) is 13.2. The first-order valence-electron chi connectivity index (χ1n) is 6.04. The smallest absolute Gasteiger partial charge is 0.128 e. The number of hydrogen-bond donors (Lipinski definition) is 1. The highest BCUT2D eigenvalue weighted by atomic mass is 79.9. The third kappa shape index (κ3) is 2.57. The number of rotatable bonds is 1. The van der Waals surface area contributed by atoms with Crippen molar-refractivity contribution in [2.75, 3.05) is 0 Å². The molecule has 0 radical (unpaired) electrons. The van der Waals surface area contributed by atoms with Gasteiger partial charge in [0.05, 0.1) is 6.10 Å². The Labute approximate surface area is 128 Å². The topological polar surface area (TPSA) is 29.5 Å². The molecule has 1 heterocycles. The maximum Gasteiger partial charge on any atom is 0.128 e. The quantitative estimate of drug-likeness (QED) is 0.768. The van der Waals surface area contributed by atoms with Crippen LogP contribution in [-0.2, 0) is 0 Å². The van der Waals surface area contributed by atoms with Gasteiger partial charge in [-0.05, 0) is 18.2 Å². The van der Waals surface area contributed by atoms with Gasteiger partial charge in [0.25, 0.3) is 0 Å². The Morgan fingerprint density at radius 3 is 2.63 bits per heavy atom. The van der Waals surface area contributed by atoms with Crippen molar-refractivity contribution in [2.24, 2.45) is 0 Å². The van der Waals surface area contributed by atoms with Gasteiger partial charge in [0.15, 0.2) is 0 Å². The predicted molar refractivity (Wildman–Crippen MR) is 81.2 cm³/mol. The van der Waals surface area contributed by atoms with E-state index in [1.807, 2.05) is 42.5 Å². The second kappa shape index (κ2) is 5.27. The number of fused-ring (bicyclic) bond motifs is 1. The lowest BCUT2D eigenvalue weighted by molar-refractivity contribution is 0.0653. The molecule has 1 aliphatic rings. The molecule has 1 aliphatic heterocycles. The number of aliphatic hydroxyl groups excluding tert-OH is 1. The van der Waals surface area contributed by atoms with Crippen LogP contribution in [0.15, 0.2) is 51.4 Å². The Hall–Kier alpha value is -0.840. The molecule has 1 N–H and O–H groups in total. The summed E-state index contributed by atoms with van der Waals surface area (Å²) < 4.78 is 7.99. The summed E-state index contributed by atoms with van der Waals surface area (Å²) in [5.41, 5.74) is 1.92. The van der Waals surface area contributed by atoms with Crippen LogP contribution in [0.1, 0.15) is 29.8 Å². The Morgan fingerprint density at radius 2 is 1.84 bits per heavy atom. The molecule has 0 spiro atoms. The zero-order valence-electron chi connectivity index (χ0n) is 10.0. The van der Waals surface area contributed by atoms with E-state index in [1.54, 1.807) is 0 Å². The van der Waals surface area contributed by atoms with Gasteiger partial charge in [-0.2, -0.15) is 0 Å². The van der Waals surface area contributed by atoms with Gasteiger partial charge in [-0.3, -0.25) is 0 Å². The second-order valence-corrected chi connectivity index (χ2v) is 6.33. The number of hydrogen-bond acceptors (Lipinski definition) is 2. The average Bonchev–Trinajstić information content (AvgIpc) is 2.38. The molecule has 0 saturated carbocycles. The number of ether oxygens (including phenoxy) is 1. The van der Waals surface area contributed by atoms with Crippen molar-refractivity contribution in [1.82, 2.24) is 0 Å². The van der Waals surface area contributed by atoms with Crippen molar-refractivity contribution in [3.8, 4) is 5.75 Å². The number of halogens is 2. The van der Waals surface area contributed by atoms with Crippen molar-refractivity contribution >= 4 is 31.9 Å². The Bertz CT molecular complexity index is 613. The van der Waals surface area contributed by atoms with Crippen molar-refractivity contribution < 1.29 is 9.84 Å². The van der Waals surface area contributed by atoms with Gasteiger partial charge in [-0.15, -0.1) is 0 Å². The van der Waals surface area contributed by atoms with Crippen LogP contribution >= 0.6 is 31.9 Å². The zero-order valence-corrected chi connectivity index (χ0v) is 13.2. The van der Waals surface area contributed by atoms with Gasteiger partial charge >= 0.3 is 0 Å². The van der Waals surface area contributed by atoms with Gasteiger partial charge in [-0.1, -0.05) is 56.1 Å². The SMILES string of the molecule is O[C@@H]1CC(c2ccccc2Br)Oc2cc(Br)ccc21. The fraction of sp³-hybridized carbons (Fsp3) is 0.200. The molecule has 0 fully saturated rings. The first-order chi connectivity index (χ1) is 9.15. The number of aliphatic hydroxyl groups is 1. The van der Waals surface area contributed by atoms with Crippen LogP contribution in [0.25, 0.3) is 0 Å². The van der Waals surface area contributed by atoms with Gasteiger partial charge in [0.1, 0.15) is 11.9 Å². The van der Waals surface area contributed by atoms with E-state index in [9.17, 15) is 5.11 Å². The largest absolute Gasteiger partial charge is 0.485 e. The minimum Gasteiger partial charge on any atom is -0.485 e. The van der Waals surface area contributed by atoms with Crippen LogP contribution in [0.3, 0.4) is 0 Å². The molecule has 2 atom stereocenters. The molecule has 2 nitrogen and oxygen atoms in total. The summed E-state index contributed by atoms with van der Waals surface area (Å²) in [6, 6.07) is 13.7. The van der Waals surface area contributed by atoms with Crippen molar-refractivity contribution in [1.29, 1.82) is 0 Å². The van der Waals surface area contributed by atoms with Gasteiger partial charge in [0, 0.05) is 26.5 Å². The lowest BCUT2D eigenvalue weighted by atomic mass is 9.95. The van der Waals surface area contributed by atoms with Crippen LogP contribution in [0, 0.1) is 0 Å². The summed E-state index contributed by atoms with van der Waals surface area (Å²) in [6.07, 6.45) is -0.0571. The van der Waals surface area contributed by atoms with Crippen molar-refractivity contribution in [3.05, 3.63) is 62.5 Å². The lowest BCUT2D eigenvalue weighted by Crippen LogP contribution is -2.19. The summed E-state index contributed by atoms with van der Waals surface area (Å²) in [5, 5.41) is 10.3. The van der Waals surface area contributed by atoms with E-state index in [0.717, 1.165) is 25.8 Å². The summed E-state index contributed by atoms with van der Waals surface area (Å²) in [5.74, 6) is 0.744. The fourth-order valence-corrected chi connectivity index (χ4v) is 3.22. The van der Waals surface area contributed by atoms with Gasteiger partial charge in [0.2, 0.25) is 0 Å². The zero-order chi connectivity index (χ0) is 13.4. The molecule has 3 rings (SSSR count). The van der Waals surface area contributed by atoms with Crippen LogP contribution in [0.5, 0.6) is 5.75 Å². The third-order valence-electron chi connectivity index (χ3n) is 3.29. The highest BCUT2D eigenvalue weighted by molar-refractivity contribution is 9.10. The molecule has 2 aromatic rings. The normalized spacial score (nSPS) is 21.6. The van der Waals surface area contributed by atoms with Gasteiger partial charge in [-0.25, -0.2) is 0 Å². The lowest BCUT2D eigenvalue weighted by Gasteiger charge is -2.30. The monoisotopic (exact) mass is 382 g/mol. The standard InChI is InChI=1S/C15H12Br2O2/c16-9-5-6-11-13(18)8-15(19-14(11)7-9)10-3-1-2-4-12(10)17/h1-7,13,15,18H,8H2/t13-,15?/m1/s1. The van der Waals surface area contributed by atoms with E-state index in [-0.39, 0.29) is 6.10 Å². The third-order valence-corrected chi connectivity index (χ3v) is 4.51. The summed E-state index contributed by atoms with van der Waals surface area (Å²) >= 11 is 6.97. The maximum absolute atomic E-state index is 10.3. The summed E-state index contributed by atoms with van der Waals surface area (Å²) in [7, 11) is 0. The summed E-state index contributed by atoms with van der Waals surface area (Å²) in [6.45, 7) is 0. The Kier molecular flexibility index (Phi) is 3.65. The van der Waals surface area contributed by atoms with Crippen molar-refractivity contribution in [3.63, 3.8) is 0 Å². The van der Waals surface area contributed by atoms with E-state index < -0.39 is 6.10 Å². The Morgan fingerprint density at radius 1 is 1.05 bits per heavy atom. The fourth-order valence-electron chi connectivity index (χ4n) is 2.34. The van der Waals surface area contributed by atoms with E-state index >= 15 is 0 Å². The Balaban J connectivity index is 1.99. The molecule has 0 aromatic heterocycles. The van der Waals surface area contributed by atoms with Gasteiger partial charge < -0.3 is 9.84 Å². The minimum atomic E-state index is -0.492. The van der Waals surface area contributed by atoms with E-state index in [0.29, 0.717) is 6.42 Å². The molecule has 0 amide bonds. The van der Waals surface area contributed by atoms with Crippen molar-refractivity contribution in [2.45, 2.75) is 18.6 Å². The van der Waals surface area contributed by atoms with Crippen LogP contribution in [0.4, 0.5) is 0 Å². The molecule has 0 saturated heterocycles. The minimum absolute atomic E-state index is 0.132. The maximum atomic E-state index is 10.3. The second-order valence-electron chi connectivity index (χ2n) is 4.56. The molecule has 0 aliphatic carbocycles. The molecule has 98 valence electrons. The molecule has 4 heteroatoms. The van der Waals surface area contributed by atoms with Crippen LogP contribution < -0.4 is 4.74 Å². The molecule has 2 aromatic carbocycles. The summed E-state index contributed by atoms with van der Waals surface area (Å²) in [4.78, 5) is 0. The van der Waals surface area contributed by atoms with E-state index in [1.165, 1.54) is 0 Å². The molecular formula is C15H12Br2O2. The number of benzene rings is 2. The van der Waals surface area contributed by atoms with E-state index in [2.05, 4.69) is 31.9 Å². The first-order valence-corrected chi connectivity index (χ1v) is 7.62. The van der Waals surface area contributed by atoms with Crippen LogP contribution in [0.2, 0.25) is 0 Å². The predicted octanol–water partition coefficient (Wildman–Crippen LogP) is 4.77. The molecule has 0 bridgehead atoms. The highest BCUT2D eigenvalue weighted by Gasteiger charge is 2.29.